The van der Waals surface area contributed by atoms with Gasteiger partial charge in [0.1, 0.15) is 0 Å². The van der Waals surface area contributed by atoms with Crippen molar-refractivity contribution < 1.29 is 4.79 Å². The van der Waals surface area contributed by atoms with E-state index in [1.165, 1.54) is 31.4 Å². The summed E-state index contributed by atoms with van der Waals surface area (Å²) in [6.45, 7) is 4.54. The van der Waals surface area contributed by atoms with E-state index in [2.05, 4.69) is 22.3 Å². The summed E-state index contributed by atoms with van der Waals surface area (Å²) >= 11 is 0. The van der Waals surface area contributed by atoms with Gasteiger partial charge in [0.25, 0.3) is 0 Å². The molecule has 0 bridgehead atoms. The molecule has 0 spiro atoms. The van der Waals surface area contributed by atoms with Gasteiger partial charge in [0, 0.05) is 30.8 Å². The Morgan fingerprint density at radius 2 is 1.65 bits per heavy atom. The van der Waals surface area contributed by atoms with Crippen molar-refractivity contribution in [2.45, 2.75) is 38.5 Å². The van der Waals surface area contributed by atoms with Crippen molar-refractivity contribution in [2.75, 3.05) is 31.1 Å². The zero-order chi connectivity index (χ0) is 14.5. The van der Waals surface area contributed by atoms with Crippen molar-refractivity contribution in [1.29, 1.82) is 0 Å². The number of nitrogens with zero attached hydrogens (tertiary/aromatic N) is 1. The molecular formula is C18H28Cl2N2O. The third-order valence-electron chi connectivity index (χ3n) is 4.90. The molecule has 0 unspecified atom stereocenters. The number of carbonyl (C=O) groups is 1. The third-order valence-corrected chi connectivity index (χ3v) is 4.90. The van der Waals surface area contributed by atoms with E-state index in [1.54, 1.807) is 0 Å². The maximum absolute atomic E-state index is 12.3. The first kappa shape index (κ1) is 20.3. The van der Waals surface area contributed by atoms with Crippen molar-refractivity contribution in [1.82, 2.24) is 5.32 Å². The van der Waals surface area contributed by atoms with Gasteiger partial charge in [-0.05, 0) is 75.4 Å². The van der Waals surface area contributed by atoms with Gasteiger partial charge in [0.15, 0.2) is 5.78 Å². The number of hydrogen-bond donors (Lipinski definition) is 1. The summed E-state index contributed by atoms with van der Waals surface area (Å²) in [6.07, 6.45) is 6.78. The van der Waals surface area contributed by atoms with E-state index < -0.39 is 0 Å². The van der Waals surface area contributed by atoms with Crippen LogP contribution in [0.1, 0.15) is 48.9 Å². The first-order chi connectivity index (χ1) is 10.3. The summed E-state index contributed by atoms with van der Waals surface area (Å²) in [4.78, 5) is 14.7. The lowest BCUT2D eigenvalue weighted by Gasteiger charge is -2.22. The van der Waals surface area contributed by atoms with Crippen molar-refractivity contribution >= 4 is 36.3 Å². The molecule has 0 atom stereocenters. The number of hydrogen-bond acceptors (Lipinski definition) is 3. The fraction of sp³-hybridized carbons (Fsp3) is 0.611. The lowest BCUT2D eigenvalue weighted by Crippen LogP contribution is -2.28. The first-order valence-electron chi connectivity index (χ1n) is 8.42. The molecule has 5 heteroatoms. The van der Waals surface area contributed by atoms with E-state index >= 15 is 0 Å². The van der Waals surface area contributed by atoms with Gasteiger partial charge in [-0.1, -0.05) is 0 Å². The standard InChI is InChI=1S/C18H26N2O.2ClH/c21-18(8-3-15-9-11-19-12-10-15)16-4-6-17(7-5-16)20-13-1-2-14-20;;/h4-7,15,19H,1-3,8-14H2;2*1H. The summed E-state index contributed by atoms with van der Waals surface area (Å²) < 4.78 is 0. The maximum Gasteiger partial charge on any atom is 0.162 e. The van der Waals surface area contributed by atoms with E-state index in [0.29, 0.717) is 12.2 Å². The molecule has 0 radical (unpaired) electrons. The van der Waals surface area contributed by atoms with Crippen LogP contribution >= 0.6 is 24.8 Å². The number of halogens is 2. The van der Waals surface area contributed by atoms with Gasteiger partial charge >= 0.3 is 0 Å². The average Bonchev–Trinajstić information content (AvgIpc) is 3.08. The van der Waals surface area contributed by atoms with Crippen LogP contribution in [0.5, 0.6) is 0 Å². The second kappa shape index (κ2) is 10.2. The number of ketones is 1. The van der Waals surface area contributed by atoms with Crippen LogP contribution in [0.25, 0.3) is 0 Å². The third kappa shape index (κ3) is 5.66. The van der Waals surface area contributed by atoms with Crippen molar-refractivity contribution in [2.24, 2.45) is 5.92 Å². The summed E-state index contributed by atoms with van der Waals surface area (Å²) in [7, 11) is 0. The van der Waals surface area contributed by atoms with E-state index in [0.717, 1.165) is 44.1 Å². The van der Waals surface area contributed by atoms with Gasteiger partial charge in [0.05, 0.1) is 0 Å². The average molecular weight is 359 g/mol. The largest absolute Gasteiger partial charge is 0.372 e. The van der Waals surface area contributed by atoms with Crippen LogP contribution in [0.4, 0.5) is 5.69 Å². The van der Waals surface area contributed by atoms with Gasteiger partial charge in [0.2, 0.25) is 0 Å². The fourth-order valence-electron chi connectivity index (χ4n) is 3.48. The van der Waals surface area contributed by atoms with Crippen LogP contribution in [0.3, 0.4) is 0 Å². The Morgan fingerprint density at radius 3 is 2.26 bits per heavy atom. The normalized spacial score (nSPS) is 18.2. The Hall–Kier alpha value is -0.770. The van der Waals surface area contributed by atoms with Gasteiger partial charge in [-0.3, -0.25) is 4.79 Å². The molecular weight excluding hydrogens is 331 g/mol. The predicted octanol–water partition coefficient (Wildman–Crippen LogP) is 4.09. The lowest BCUT2D eigenvalue weighted by atomic mass is 9.91. The molecule has 0 aliphatic carbocycles. The fourth-order valence-corrected chi connectivity index (χ4v) is 3.48. The Kier molecular flexibility index (Phi) is 8.96. The Labute approximate surface area is 152 Å². The molecule has 2 saturated heterocycles. The number of nitrogens with one attached hydrogen (secondary N) is 1. The second-order valence-corrected chi connectivity index (χ2v) is 6.40. The monoisotopic (exact) mass is 358 g/mol. The van der Waals surface area contributed by atoms with E-state index in [4.69, 9.17) is 0 Å². The highest BCUT2D eigenvalue weighted by atomic mass is 35.5. The van der Waals surface area contributed by atoms with Crippen molar-refractivity contribution in [3.8, 4) is 0 Å². The molecule has 1 aromatic carbocycles. The summed E-state index contributed by atoms with van der Waals surface area (Å²) in [6, 6.07) is 8.25. The quantitative estimate of drug-likeness (QED) is 0.804. The minimum absolute atomic E-state index is 0. The summed E-state index contributed by atoms with van der Waals surface area (Å²) in [5, 5.41) is 3.38. The van der Waals surface area contributed by atoms with Crippen LogP contribution in [0.15, 0.2) is 24.3 Å². The van der Waals surface area contributed by atoms with Gasteiger partial charge in [-0.2, -0.15) is 0 Å². The van der Waals surface area contributed by atoms with E-state index in [-0.39, 0.29) is 24.8 Å². The van der Waals surface area contributed by atoms with E-state index in [1.807, 2.05) is 12.1 Å². The molecule has 0 amide bonds. The number of piperidine rings is 1. The molecule has 0 saturated carbocycles. The SMILES string of the molecule is Cl.Cl.O=C(CCC1CCNCC1)c1ccc(N2CCCC2)cc1. The predicted molar refractivity (Wildman–Crippen MR) is 102 cm³/mol. The lowest BCUT2D eigenvalue weighted by molar-refractivity contribution is 0.0971. The number of benzene rings is 1. The molecule has 3 nitrogen and oxygen atoms in total. The molecule has 23 heavy (non-hydrogen) atoms. The first-order valence-corrected chi connectivity index (χ1v) is 8.42. The Morgan fingerprint density at radius 1 is 1.04 bits per heavy atom. The Balaban J connectivity index is 0.00000132. The molecule has 1 aromatic rings. The second-order valence-electron chi connectivity index (χ2n) is 6.40. The topological polar surface area (TPSA) is 32.3 Å². The highest BCUT2D eigenvalue weighted by Crippen LogP contribution is 2.22. The van der Waals surface area contributed by atoms with Gasteiger partial charge in [-0.15, -0.1) is 24.8 Å². The minimum Gasteiger partial charge on any atom is -0.372 e. The zero-order valence-corrected chi connectivity index (χ0v) is 15.3. The van der Waals surface area contributed by atoms with Crippen molar-refractivity contribution in [3.63, 3.8) is 0 Å². The smallest absolute Gasteiger partial charge is 0.162 e. The number of rotatable bonds is 5. The number of carbonyl (C=O) groups excluding carboxylic acids is 1. The molecule has 130 valence electrons. The van der Waals surface area contributed by atoms with Gasteiger partial charge in [-0.25, -0.2) is 0 Å². The van der Waals surface area contributed by atoms with Crippen LogP contribution in [-0.4, -0.2) is 32.0 Å². The maximum atomic E-state index is 12.3. The molecule has 2 heterocycles. The van der Waals surface area contributed by atoms with E-state index in [9.17, 15) is 4.79 Å². The van der Waals surface area contributed by atoms with Crippen LogP contribution in [-0.2, 0) is 0 Å². The number of Topliss-reactive ketones (excluding diaryl/α,β-unsaturated/α-hetero) is 1. The summed E-state index contributed by atoms with van der Waals surface area (Å²) in [5.74, 6) is 1.04. The summed E-state index contributed by atoms with van der Waals surface area (Å²) in [5.41, 5.74) is 2.15. The molecule has 3 rings (SSSR count). The molecule has 2 fully saturated rings. The zero-order valence-electron chi connectivity index (χ0n) is 13.6. The molecule has 1 N–H and O–H groups in total. The highest BCUT2D eigenvalue weighted by molar-refractivity contribution is 5.96. The van der Waals surface area contributed by atoms with Gasteiger partial charge < -0.3 is 10.2 Å². The highest BCUT2D eigenvalue weighted by Gasteiger charge is 2.16. The van der Waals surface area contributed by atoms with Crippen molar-refractivity contribution in [3.05, 3.63) is 29.8 Å². The number of anilines is 1. The Bertz CT molecular complexity index is 466. The molecule has 2 aliphatic rings. The van der Waals surface area contributed by atoms with Crippen LogP contribution in [0, 0.1) is 5.92 Å². The van der Waals surface area contributed by atoms with Crippen LogP contribution in [0.2, 0.25) is 0 Å². The molecule has 0 aromatic heterocycles. The van der Waals surface area contributed by atoms with Crippen LogP contribution < -0.4 is 10.2 Å². The minimum atomic E-state index is 0. The molecule has 2 aliphatic heterocycles.